The molecule has 2 N–H and O–H groups in total. The quantitative estimate of drug-likeness (QED) is 0.590. The lowest BCUT2D eigenvalue weighted by atomic mass is 10.1. The number of halogens is 1. The summed E-state index contributed by atoms with van der Waals surface area (Å²) in [5.41, 5.74) is 2.25. The number of hydrogen-bond donors (Lipinski definition) is 1. The van der Waals surface area contributed by atoms with Crippen molar-refractivity contribution in [3.8, 4) is 5.69 Å². The summed E-state index contributed by atoms with van der Waals surface area (Å²) in [5, 5.41) is 9.74. The largest absolute Gasteiger partial charge is 0.373 e. The molecule has 0 amide bonds. The molecule has 3 aromatic rings. The van der Waals surface area contributed by atoms with Gasteiger partial charge in [0.15, 0.2) is 5.82 Å². The van der Waals surface area contributed by atoms with E-state index in [1.807, 2.05) is 45.0 Å². The molecular weight excluding hydrogens is 445 g/mol. The lowest BCUT2D eigenvalue weighted by molar-refractivity contribution is -0.0710. The maximum absolute atomic E-state index is 15.0. The van der Waals surface area contributed by atoms with E-state index in [1.54, 1.807) is 0 Å². The van der Waals surface area contributed by atoms with Crippen molar-refractivity contribution in [2.75, 3.05) is 13.1 Å². The van der Waals surface area contributed by atoms with Crippen molar-refractivity contribution in [1.82, 2.24) is 19.7 Å². The Balaban J connectivity index is 1.71. The molecule has 33 heavy (non-hydrogen) atoms. The van der Waals surface area contributed by atoms with E-state index in [0.29, 0.717) is 24.6 Å². The highest BCUT2D eigenvalue weighted by molar-refractivity contribution is 7.89. The molecule has 10 heteroatoms. The molecule has 0 saturated carbocycles. The molecule has 1 saturated heterocycles. The molecule has 176 valence electrons. The summed E-state index contributed by atoms with van der Waals surface area (Å²) >= 11 is 0. The number of ether oxygens (including phenoxy) is 1. The van der Waals surface area contributed by atoms with Crippen LogP contribution < -0.4 is 5.14 Å². The van der Waals surface area contributed by atoms with Gasteiger partial charge in [-0.25, -0.2) is 27.6 Å². The van der Waals surface area contributed by atoms with Gasteiger partial charge in [0.05, 0.1) is 23.6 Å². The minimum absolute atomic E-state index is 0.103. The van der Waals surface area contributed by atoms with Crippen LogP contribution in [0.4, 0.5) is 4.39 Å². The van der Waals surface area contributed by atoms with Crippen LogP contribution in [0.3, 0.4) is 0 Å². The Bertz CT molecular complexity index is 1250. The minimum Gasteiger partial charge on any atom is -0.373 e. The number of rotatable bonds is 6. The highest BCUT2D eigenvalue weighted by atomic mass is 32.2. The van der Waals surface area contributed by atoms with Crippen molar-refractivity contribution in [3.63, 3.8) is 0 Å². The lowest BCUT2D eigenvalue weighted by Gasteiger charge is -2.34. The van der Waals surface area contributed by atoms with Crippen LogP contribution >= 0.6 is 0 Å². The van der Waals surface area contributed by atoms with E-state index < -0.39 is 15.8 Å². The van der Waals surface area contributed by atoms with Gasteiger partial charge in [-0.2, -0.15) is 0 Å². The van der Waals surface area contributed by atoms with Gasteiger partial charge in [-0.1, -0.05) is 29.8 Å². The molecule has 0 spiro atoms. The van der Waals surface area contributed by atoms with Gasteiger partial charge < -0.3 is 4.74 Å². The number of sulfonamides is 1. The van der Waals surface area contributed by atoms with Crippen molar-refractivity contribution in [2.24, 2.45) is 5.14 Å². The second-order valence-corrected chi connectivity index (χ2v) is 10.2. The molecule has 0 unspecified atom stereocenters. The second kappa shape index (κ2) is 9.30. The summed E-state index contributed by atoms with van der Waals surface area (Å²) in [6.45, 7) is 8.07. The first-order valence-electron chi connectivity index (χ1n) is 10.8. The average Bonchev–Trinajstić information content (AvgIpc) is 3.08. The SMILES string of the molecule is Cc1cccc(Cc2nc(CN3C[C@@H](C)O[C@@H](C)C3)nn2-c2ccc(S(N)(=O)=O)cc2F)c1. The zero-order chi connectivity index (χ0) is 23.8. The molecule has 1 fully saturated rings. The van der Waals surface area contributed by atoms with E-state index >= 15 is 0 Å². The number of nitrogens with zero attached hydrogens (tertiary/aromatic N) is 4. The summed E-state index contributed by atoms with van der Waals surface area (Å²) in [6.07, 6.45) is 0.651. The third-order valence-electron chi connectivity index (χ3n) is 5.50. The number of primary sulfonamides is 1. The van der Waals surface area contributed by atoms with Crippen molar-refractivity contribution in [1.29, 1.82) is 0 Å². The van der Waals surface area contributed by atoms with E-state index in [4.69, 9.17) is 14.9 Å². The number of aryl methyl sites for hydroxylation is 1. The van der Waals surface area contributed by atoms with Gasteiger partial charge in [-0.3, -0.25) is 4.90 Å². The maximum Gasteiger partial charge on any atom is 0.238 e. The van der Waals surface area contributed by atoms with Crippen molar-refractivity contribution >= 4 is 10.0 Å². The van der Waals surface area contributed by atoms with Gasteiger partial charge in [-0.05, 0) is 44.5 Å². The van der Waals surface area contributed by atoms with Crippen molar-refractivity contribution < 1.29 is 17.5 Å². The average molecular weight is 474 g/mol. The molecule has 0 aliphatic carbocycles. The first kappa shape index (κ1) is 23.5. The molecule has 2 aromatic carbocycles. The predicted octanol–water partition coefficient (Wildman–Crippen LogP) is 2.56. The molecule has 4 rings (SSSR count). The maximum atomic E-state index is 15.0. The summed E-state index contributed by atoms with van der Waals surface area (Å²) in [5.74, 6) is 0.387. The molecule has 1 aliphatic heterocycles. The van der Waals surface area contributed by atoms with E-state index in [-0.39, 0.29) is 22.8 Å². The fourth-order valence-electron chi connectivity index (χ4n) is 4.22. The summed E-state index contributed by atoms with van der Waals surface area (Å²) in [4.78, 5) is 6.65. The summed E-state index contributed by atoms with van der Waals surface area (Å²) in [7, 11) is -4.02. The second-order valence-electron chi connectivity index (χ2n) is 8.63. The van der Waals surface area contributed by atoms with Crippen molar-refractivity contribution in [2.45, 2.75) is 50.8 Å². The van der Waals surface area contributed by atoms with E-state index in [9.17, 15) is 12.8 Å². The summed E-state index contributed by atoms with van der Waals surface area (Å²) < 4.78 is 45.5. The third kappa shape index (κ3) is 5.64. The van der Waals surface area contributed by atoms with E-state index in [1.165, 1.54) is 16.8 Å². The van der Waals surface area contributed by atoms with Gasteiger partial charge in [0.25, 0.3) is 0 Å². The van der Waals surface area contributed by atoms with Crippen molar-refractivity contribution in [3.05, 3.63) is 71.1 Å². The Labute approximate surface area is 193 Å². The number of aromatic nitrogens is 3. The third-order valence-corrected chi connectivity index (χ3v) is 6.41. The summed E-state index contributed by atoms with van der Waals surface area (Å²) in [6, 6.07) is 11.6. The zero-order valence-electron chi connectivity index (χ0n) is 18.9. The first-order valence-corrected chi connectivity index (χ1v) is 12.3. The van der Waals surface area contributed by atoms with Gasteiger partial charge in [0.2, 0.25) is 10.0 Å². The number of morpholine rings is 1. The smallest absolute Gasteiger partial charge is 0.238 e. The number of hydrogen-bond acceptors (Lipinski definition) is 6. The lowest BCUT2D eigenvalue weighted by Crippen LogP contribution is -2.45. The molecule has 2 atom stereocenters. The predicted molar refractivity (Wildman–Crippen MR) is 122 cm³/mol. The van der Waals surface area contributed by atoms with Gasteiger partial charge in [0.1, 0.15) is 17.3 Å². The van der Waals surface area contributed by atoms with Gasteiger partial charge >= 0.3 is 0 Å². The molecule has 1 aliphatic rings. The minimum atomic E-state index is -4.02. The van der Waals surface area contributed by atoms with Crippen LogP contribution in [0.1, 0.15) is 36.6 Å². The number of nitrogens with two attached hydrogens (primary N) is 1. The van der Waals surface area contributed by atoms with Crippen LogP contribution in [0.15, 0.2) is 47.4 Å². The van der Waals surface area contributed by atoms with Gasteiger partial charge in [0, 0.05) is 19.5 Å². The highest BCUT2D eigenvalue weighted by Gasteiger charge is 2.24. The van der Waals surface area contributed by atoms with Crippen LogP contribution in [0.5, 0.6) is 0 Å². The standard InChI is InChI=1S/C23H28FN5O3S/c1-15-5-4-6-18(9-15)10-23-26-22(14-28-12-16(2)32-17(3)13-28)27-29(23)21-8-7-19(11-20(21)24)33(25,30)31/h4-9,11,16-17H,10,12-14H2,1-3H3,(H2,25,30,31)/t16-,17+. The van der Waals surface area contributed by atoms with E-state index in [0.717, 1.165) is 30.3 Å². The Morgan fingerprint density at radius 1 is 1.15 bits per heavy atom. The van der Waals surface area contributed by atoms with Gasteiger partial charge in [-0.15, -0.1) is 5.10 Å². The normalized spacial score (nSPS) is 19.7. The Morgan fingerprint density at radius 2 is 1.88 bits per heavy atom. The zero-order valence-corrected chi connectivity index (χ0v) is 19.7. The van der Waals surface area contributed by atoms with Crippen LogP contribution in [0.25, 0.3) is 5.69 Å². The van der Waals surface area contributed by atoms with E-state index in [2.05, 4.69) is 10.00 Å². The van der Waals surface area contributed by atoms with Crippen LogP contribution in [-0.4, -0.2) is 53.4 Å². The monoisotopic (exact) mass is 473 g/mol. The highest BCUT2D eigenvalue weighted by Crippen LogP contribution is 2.21. The number of benzene rings is 2. The Hall–Kier alpha value is -2.66. The molecular formula is C23H28FN5O3S. The fourth-order valence-corrected chi connectivity index (χ4v) is 4.75. The molecule has 1 aromatic heterocycles. The molecule has 0 bridgehead atoms. The van der Waals surface area contributed by atoms with Crippen LogP contribution in [0, 0.1) is 12.7 Å². The topological polar surface area (TPSA) is 103 Å². The fraction of sp³-hybridized carbons (Fsp3) is 0.391. The Morgan fingerprint density at radius 3 is 2.52 bits per heavy atom. The first-order chi connectivity index (χ1) is 15.6. The van der Waals surface area contributed by atoms with Crippen LogP contribution in [0.2, 0.25) is 0 Å². The molecule has 2 heterocycles. The van der Waals surface area contributed by atoms with Crippen LogP contribution in [-0.2, 0) is 27.7 Å². The Kier molecular flexibility index (Phi) is 6.62. The molecule has 0 radical (unpaired) electrons. The molecule has 8 nitrogen and oxygen atoms in total.